The predicted molar refractivity (Wildman–Crippen MR) is 48.6 cm³/mol. The number of aromatic nitrogens is 1. The molecule has 0 bridgehead atoms. The van der Waals surface area contributed by atoms with Crippen LogP contribution in [-0.2, 0) is 0 Å². The minimum atomic E-state index is -0.258. The maximum atomic E-state index is 12.9. The Morgan fingerprint density at radius 1 is 1.62 bits per heavy atom. The molecule has 0 aliphatic heterocycles. The zero-order valence-electron chi connectivity index (χ0n) is 7.63. The van der Waals surface area contributed by atoms with Crippen molar-refractivity contribution in [1.29, 1.82) is 0 Å². The number of aryl methyl sites for hydroxylation is 1. The first-order valence-corrected chi connectivity index (χ1v) is 4.56. The molecule has 0 radical (unpaired) electrons. The molecule has 1 aromatic rings. The maximum absolute atomic E-state index is 12.9. The summed E-state index contributed by atoms with van der Waals surface area (Å²) >= 11 is 0. The summed E-state index contributed by atoms with van der Waals surface area (Å²) in [6, 6.07) is 1.75. The van der Waals surface area contributed by atoms with Gasteiger partial charge in [-0.3, -0.25) is 4.98 Å². The fourth-order valence-electron chi connectivity index (χ4n) is 1.44. The first-order chi connectivity index (χ1) is 6.18. The fraction of sp³-hybridized carbons (Fsp3) is 0.500. The predicted octanol–water partition coefficient (Wildman–Crippen LogP) is 1.94. The van der Waals surface area contributed by atoms with Crippen LogP contribution in [0.2, 0.25) is 0 Å². The van der Waals surface area contributed by atoms with Gasteiger partial charge in [0.15, 0.2) is 0 Å². The molecule has 1 unspecified atom stereocenters. The summed E-state index contributed by atoms with van der Waals surface area (Å²) in [6.07, 6.45) is 3.62. The Morgan fingerprint density at radius 3 is 2.85 bits per heavy atom. The molecule has 1 heterocycles. The van der Waals surface area contributed by atoms with E-state index in [9.17, 15) is 4.39 Å². The monoisotopic (exact) mass is 180 g/mol. The largest absolute Gasteiger partial charge is 0.322 e. The molecule has 1 aliphatic rings. The first-order valence-electron chi connectivity index (χ1n) is 4.56. The van der Waals surface area contributed by atoms with Gasteiger partial charge in [0.1, 0.15) is 5.82 Å². The van der Waals surface area contributed by atoms with E-state index in [4.69, 9.17) is 5.73 Å². The molecule has 1 aromatic heterocycles. The summed E-state index contributed by atoms with van der Waals surface area (Å²) in [4.78, 5) is 4.00. The standard InChI is InChI=1S/C10H13FN2/c1-6-4-9(13-5-8(6)11)10(12)7-2-3-7/h4-5,7,10H,2-3,12H2,1H3. The smallest absolute Gasteiger partial charge is 0.144 e. The van der Waals surface area contributed by atoms with Crippen LogP contribution in [0.1, 0.15) is 30.1 Å². The van der Waals surface area contributed by atoms with Crippen LogP contribution in [0.4, 0.5) is 4.39 Å². The van der Waals surface area contributed by atoms with Gasteiger partial charge in [-0.25, -0.2) is 4.39 Å². The maximum Gasteiger partial charge on any atom is 0.144 e. The van der Waals surface area contributed by atoms with Crippen LogP contribution in [0.3, 0.4) is 0 Å². The van der Waals surface area contributed by atoms with Gasteiger partial charge in [-0.1, -0.05) is 0 Å². The summed E-state index contributed by atoms with van der Waals surface area (Å²) in [5.74, 6) is 0.309. The molecule has 1 fully saturated rings. The Labute approximate surface area is 77.0 Å². The summed E-state index contributed by atoms with van der Waals surface area (Å²) in [5.41, 5.74) is 7.38. The van der Waals surface area contributed by atoms with Crippen molar-refractivity contribution in [3.63, 3.8) is 0 Å². The van der Waals surface area contributed by atoms with E-state index in [0.717, 1.165) is 5.69 Å². The number of pyridine rings is 1. The van der Waals surface area contributed by atoms with Crippen molar-refractivity contribution in [3.05, 3.63) is 29.3 Å². The highest BCUT2D eigenvalue weighted by Crippen LogP contribution is 2.38. The van der Waals surface area contributed by atoms with Crippen molar-refractivity contribution in [1.82, 2.24) is 4.98 Å². The van der Waals surface area contributed by atoms with E-state index in [-0.39, 0.29) is 11.9 Å². The van der Waals surface area contributed by atoms with E-state index in [1.165, 1.54) is 19.0 Å². The third-order valence-electron chi connectivity index (χ3n) is 2.54. The zero-order chi connectivity index (χ0) is 9.42. The van der Waals surface area contributed by atoms with Crippen LogP contribution in [0.25, 0.3) is 0 Å². The van der Waals surface area contributed by atoms with Gasteiger partial charge in [-0.15, -0.1) is 0 Å². The summed E-state index contributed by atoms with van der Waals surface area (Å²) in [5, 5.41) is 0. The lowest BCUT2D eigenvalue weighted by molar-refractivity contribution is 0.585. The molecular formula is C10H13FN2. The van der Waals surface area contributed by atoms with Crippen molar-refractivity contribution < 1.29 is 4.39 Å². The zero-order valence-corrected chi connectivity index (χ0v) is 7.63. The summed E-state index contributed by atoms with van der Waals surface area (Å²) in [7, 11) is 0. The molecule has 1 saturated carbocycles. The van der Waals surface area contributed by atoms with Gasteiger partial charge in [0.25, 0.3) is 0 Å². The molecule has 1 aliphatic carbocycles. The number of rotatable bonds is 2. The van der Waals surface area contributed by atoms with Crippen molar-refractivity contribution in [2.24, 2.45) is 11.7 Å². The van der Waals surface area contributed by atoms with Crippen LogP contribution >= 0.6 is 0 Å². The minimum absolute atomic E-state index is 0.000648. The number of nitrogens with two attached hydrogens (primary N) is 1. The third-order valence-corrected chi connectivity index (χ3v) is 2.54. The average Bonchev–Trinajstić information content (AvgIpc) is 2.91. The summed E-state index contributed by atoms with van der Waals surface area (Å²) < 4.78 is 12.9. The van der Waals surface area contributed by atoms with E-state index < -0.39 is 0 Å². The summed E-state index contributed by atoms with van der Waals surface area (Å²) in [6.45, 7) is 1.74. The number of halogens is 1. The van der Waals surface area contributed by atoms with Gasteiger partial charge in [0.05, 0.1) is 11.9 Å². The normalized spacial score (nSPS) is 18.7. The van der Waals surface area contributed by atoms with E-state index >= 15 is 0 Å². The Kier molecular flexibility index (Phi) is 2.04. The van der Waals surface area contributed by atoms with Crippen LogP contribution in [0, 0.1) is 18.7 Å². The van der Waals surface area contributed by atoms with E-state index in [1.807, 2.05) is 0 Å². The first kappa shape index (κ1) is 8.63. The minimum Gasteiger partial charge on any atom is -0.322 e. The Bertz CT molecular complexity index is 321. The topological polar surface area (TPSA) is 38.9 Å². The Balaban J connectivity index is 2.24. The fourth-order valence-corrected chi connectivity index (χ4v) is 1.44. The Hall–Kier alpha value is -0.960. The molecule has 0 spiro atoms. The van der Waals surface area contributed by atoms with Crippen LogP contribution in [0.15, 0.2) is 12.3 Å². The van der Waals surface area contributed by atoms with Crippen molar-refractivity contribution in [3.8, 4) is 0 Å². The molecule has 0 saturated heterocycles. The lowest BCUT2D eigenvalue weighted by Crippen LogP contribution is -2.14. The Morgan fingerprint density at radius 2 is 2.31 bits per heavy atom. The highest BCUT2D eigenvalue weighted by atomic mass is 19.1. The second-order valence-corrected chi connectivity index (χ2v) is 3.72. The van der Waals surface area contributed by atoms with Gasteiger partial charge in [-0.2, -0.15) is 0 Å². The molecule has 3 heteroatoms. The molecule has 2 nitrogen and oxygen atoms in total. The third kappa shape index (κ3) is 1.70. The van der Waals surface area contributed by atoms with Crippen molar-refractivity contribution in [2.75, 3.05) is 0 Å². The highest BCUT2D eigenvalue weighted by Gasteiger charge is 2.30. The van der Waals surface area contributed by atoms with E-state index in [1.54, 1.807) is 13.0 Å². The van der Waals surface area contributed by atoms with Gasteiger partial charge in [0.2, 0.25) is 0 Å². The lowest BCUT2D eigenvalue weighted by atomic mass is 10.1. The number of hydrogen-bond donors (Lipinski definition) is 1. The molecule has 13 heavy (non-hydrogen) atoms. The lowest BCUT2D eigenvalue weighted by Gasteiger charge is -2.09. The van der Waals surface area contributed by atoms with Gasteiger partial charge >= 0.3 is 0 Å². The van der Waals surface area contributed by atoms with Crippen LogP contribution in [-0.4, -0.2) is 4.98 Å². The molecule has 2 N–H and O–H groups in total. The molecule has 2 rings (SSSR count). The molecule has 70 valence electrons. The number of hydrogen-bond acceptors (Lipinski definition) is 2. The van der Waals surface area contributed by atoms with Gasteiger partial charge in [0, 0.05) is 6.04 Å². The molecule has 1 atom stereocenters. The number of nitrogens with zero attached hydrogens (tertiary/aromatic N) is 1. The van der Waals surface area contributed by atoms with Crippen molar-refractivity contribution >= 4 is 0 Å². The van der Waals surface area contributed by atoms with E-state index in [2.05, 4.69) is 4.98 Å². The molecule has 0 amide bonds. The highest BCUT2D eigenvalue weighted by molar-refractivity contribution is 5.20. The van der Waals surface area contributed by atoms with Gasteiger partial charge < -0.3 is 5.73 Å². The van der Waals surface area contributed by atoms with Crippen LogP contribution in [0.5, 0.6) is 0 Å². The van der Waals surface area contributed by atoms with Gasteiger partial charge in [-0.05, 0) is 37.3 Å². The molecular weight excluding hydrogens is 167 g/mol. The second kappa shape index (κ2) is 3.07. The SMILES string of the molecule is Cc1cc(C(N)C2CC2)ncc1F. The van der Waals surface area contributed by atoms with E-state index in [0.29, 0.717) is 11.5 Å². The second-order valence-electron chi connectivity index (χ2n) is 3.72. The quantitative estimate of drug-likeness (QED) is 0.755. The van der Waals surface area contributed by atoms with Crippen LogP contribution < -0.4 is 5.73 Å². The molecule has 0 aromatic carbocycles. The average molecular weight is 180 g/mol. The van der Waals surface area contributed by atoms with Crippen molar-refractivity contribution in [2.45, 2.75) is 25.8 Å².